The third-order valence-electron chi connectivity index (χ3n) is 6.42. The first-order valence-corrected chi connectivity index (χ1v) is 12.1. The molecule has 0 saturated heterocycles. The minimum Gasteiger partial charge on any atom is -0.481 e. The van der Waals surface area contributed by atoms with Gasteiger partial charge in [-0.15, -0.1) is 17.1 Å². The topological polar surface area (TPSA) is 37.3 Å². The van der Waals surface area contributed by atoms with Crippen LogP contribution in [0.2, 0.25) is 0 Å². The SMILES string of the molecule is CCCC(C(=O)O)C1=C(c2cccc(C(C)(F)F)c2)c2c(sc3c2CCCC3)C=C=C1C. The van der Waals surface area contributed by atoms with Crippen LogP contribution in [0.15, 0.2) is 41.1 Å². The average molecular weight is 455 g/mol. The van der Waals surface area contributed by atoms with Gasteiger partial charge in [-0.05, 0) is 79.0 Å². The fraction of sp³-hybridized carbons (Fsp3) is 0.407. The number of carbonyl (C=O) groups is 1. The molecule has 0 saturated carbocycles. The van der Waals surface area contributed by atoms with Gasteiger partial charge in [0, 0.05) is 27.8 Å². The number of alkyl halides is 2. The zero-order valence-electron chi connectivity index (χ0n) is 18.7. The largest absolute Gasteiger partial charge is 0.481 e. The Kier molecular flexibility index (Phi) is 6.24. The lowest BCUT2D eigenvalue weighted by Gasteiger charge is -2.24. The van der Waals surface area contributed by atoms with E-state index in [1.165, 1.54) is 22.6 Å². The lowest BCUT2D eigenvalue weighted by molar-refractivity contribution is -0.140. The van der Waals surface area contributed by atoms with Crippen LogP contribution in [-0.2, 0) is 23.6 Å². The van der Waals surface area contributed by atoms with E-state index in [1.807, 2.05) is 26.0 Å². The zero-order chi connectivity index (χ0) is 23.0. The van der Waals surface area contributed by atoms with Crippen molar-refractivity contribution in [3.05, 3.63) is 73.2 Å². The number of thiophene rings is 1. The number of halogens is 2. The molecule has 0 amide bonds. The summed E-state index contributed by atoms with van der Waals surface area (Å²) in [4.78, 5) is 14.8. The number of carboxylic acid groups (broad SMARTS) is 1. The summed E-state index contributed by atoms with van der Waals surface area (Å²) in [5, 5.41) is 10.1. The fourth-order valence-corrected chi connectivity index (χ4v) is 6.18. The smallest absolute Gasteiger partial charge is 0.311 e. The van der Waals surface area contributed by atoms with Crippen LogP contribution in [0, 0.1) is 5.92 Å². The van der Waals surface area contributed by atoms with E-state index in [-0.39, 0.29) is 5.56 Å². The first kappa shape index (κ1) is 22.7. The van der Waals surface area contributed by atoms with Crippen molar-refractivity contribution >= 4 is 29.0 Å². The third-order valence-corrected chi connectivity index (χ3v) is 7.66. The van der Waals surface area contributed by atoms with Crippen molar-refractivity contribution in [2.75, 3.05) is 0 Å². The van der Waals surface area contributed by atoms with Gasteiger partial charge in [-0.3, -0.25) is 4.79 Å². The molecule has 1 N–H and O–H groups in total. The Balaban J connectivity index is 2.09. The molecule has 1 atom stereocenters. The van der Waals surface area contributed by atoms with E-state index in [2.05, 4.69) is 5.73 Å². The minimum absolute atomic E-state index is 0.0614. The summed E-state index contributed by atoms with van der Waals surface area (Å²) in [6.45, 7) is 4.76. The van der Waals surface area contributed by atoms with E-state index >= 15 is 0 Å². The highest BCUT2D eigenvalue weighted by Gasteiger charge is 2.33. The molecule has 2 aliphatic rings. The number of hydrogen-bond acceptors (Lipinski definition) is 2. The van der Waals surface area contributed by atoms with E-state index in [4.69, 9.17) is 0 Å². The van der Waals surface area contributed by atoms with E-state index in [0.717, 1.165) is 54.2 Å². The second-order valence-corrected chi connectivity index (χ2v) is 9.94. The lowest BCUT2D eigenvalue weighted by Crippen LogP contribution is -2.19. The summed E-state index contributed by atoms with van der Waals surface area (Å²) in [5.41, 5.74) is 8.48. The Morgan fingerprint density at radius 3 is 2.72 bits per heavy atom. The Morgan fingerprint density at radius 1 is 1.28 bits per heavy atom. The van der Waals surface area contributed by atoms with Gasteiger partial charge in [-0.2, -0.15) is 0 Å². The molecule has 0 bridgehead atoms. The highest BCUT2D eigenvalue weighted by molar-refractivity contribution is 7.13. The van der Waals surface area contributed by atoms with E-state index < -0.39 is 17.8 Å². The molecule has 0 radical (unpaired) electrons. The van der Waals surface area contributed by atoms with Gasteiger partial charge in [0.25, 0.3) is 5.92 Å². The Labute approximate surface area is 192 Å². The molecule has 1 unspecified atom stereocenters. The quantitative estimate of drug-likeness (QED) is 0.456. The van der Waals surface area contributed by atoms with Gasteiger partial charge in [0.1, 0.15) is 0 Å². The number of benzene rings is 1. The Bertz CT molecular complexity index is 1160. The summed E-state index contributed by atoms with van der Waals surface area (Å²) >= 11 is 1.74. The van der Waals surface area contributed by atoms with Crippen molar-refractivity contribution < 1.29 is 18.7 Å². The van der Waals surface area contributed by atoms with Crippen LogP contribution in [0.4, 0.5) is 8.78 Å². The van der Waals surface area contributed by atoms with Crippen molar-refractivity contribution in [2.45, 2.75) is 65.2 Å². The maximum absolute atomic E-state index is 14.2. The number of hydrogen-bond donors (Lipinski definition) is 1. The number of fused-ring (bicyclic) bond motifs is 3. The molecule has 4 rings (SSSR count). The molecule has 0 aliphatic heterocycles. The van der Waals surface area contributed by atoms with Gasteiger partial charge in [-0.25, -0.2) is 8.78 Å². The van der Waals surface area contributed by atoms with Crippen molar-refractivity contribution in [1.29, 1.82) is 0 Å². The van der Waals surface area contributed by atoms with Crippen LogP contribution in [-0.4, -0.2) is 11.1 Å². The van der Waals surface area contributed by atoms with E-state index in [0.29, 0.717) is 24.0 Å². The molecule has 2 nitrogen and oxygen atoms in total. The summed E-state index contributed by atoms with van der Waals surface area (Å²) in [5.74, 6) is -4.58. The standard InChI is InChI=1S/C27H28F2O2S/c1-4-8-20(26(30)31)23-16(2)13-14-22-25(19-11-5-6-12-21(19)32-22)24(23)17-9-7-10-18(15-17)27(3,28)29/h7,9-10,14-15,20H,4-6,8,11-12H2,1-3H3,(H,30,31). The molecule has 1 heterocycles. The summed E-state index contributed by atoms with van der Waals surface area (Å²) in [6, 6.07) is 6.46. The number of carboxylic acids is 1. The summed E-state index contributed by atoms with van der Waals surface area (Å²) in [7, 11) is 0. The van der Waals surface area contributed by atoms with Crippen LogP contribution in [0.1, 0.15) is 78.5 Å². The Morgan fingerprint density at radius 2 is 2.03 bits per heavy atom. The van der Waals surface area contributed by atoms with Crippen LogP contribution in [0.3, 0.4) is 0 Å². The number of aliphatic carboxylic acids is 1. The molecule has 5 heteroatoms. The lowest BCUT2D eigenvalue weighted by atomic mass is 9.79. The average Bonchev–Trinajstić information content (AvgIpc) is 3.05. The van der Waals surface area contributed by atoms with Gasteiger partial charge in [-0.1, -0.05) is 31.5 Å². The van der Waals surface area contributed by atoms with Gasteiger partial charge in [0.15, 0.2) is 0 Å². The molecule has 1 aromatic heterocycles. The highest BCUT2D eigenvalue weighted by atomic mass is 32.1. The van der Waals surface area contributed by atoms with Crippen LogP contribution in [0.5, 0.6) is 0 Å². The molecule has 2 aromatic rings. The maximum atomic E-state index is 14.2. The molecule has 168 valence electrons. The maximum Gasteiger partial charge on any atom is 0.311 e. The molecule has 0 spiro atoms. The van der Waals surface area contributed by atoms with Crippen molar-refractivity contribution in [3.63, 3.8) is 0 Å². The van der Waals surface area contributed by atoms with E-state index in [9.17, 15) is 18.7 Å². The van der Waals surface area contributed by atoms with Crippen molar-refractivity contribution in [2.24, 2.45) is 5.92 Å². The summed E-state index contributed by atoms with van der Waals surface area (Å²) in [6.07, 6.45) is 7.33. The molecule has 1 aromatic carbocycles. The number of allylic oxidation sites excluding steroid dienone is 1. The molecule has 2 aliphatic carbocycles. The van der Waals surface area contributed by atoms with Crippen LogP contribution >= 0.6 is 11.3 Å². The molecule has 32 heavy (non-hydrogen) atoms. The van der Waals surface area contributed by atoms with Gasteiger partial charge < -0.3 is 5.11 Å². The first-order valence-electron chi connectivity index (χ1n) is 11.3. The van der Waals surface area contributed by atoms with Crippen LogP contribution < -0.4 is 0 Å². The zero-order valence-corrected chi connectivity index (χ0v) is 19.5. The monoisotopic (exact) mass is 454 g/mol. The summed E-state index contributed by atoms with van der Waals surface area (Å²) < 4.78 is 28.5. The third kappa shape index (κ3) is 4.12. The predicted octanol–water partition coefficient (Wildman–Crippen LogP) is 7.61. The normalized spacial score (nSPS) is 16.8. The molecule has 0 fully saturated rings. The molecular weight excluding hydrogens is 426 g/mol. The Hall–Kier alpha value is -2.49. The van der Waals surface area contributed by atoms with Gasteiger partial charge >= 0.3 is 5.97 Å². The fourth-order valence-electron chi connectivity index (χ4n) is 4.90. The van der Waals surface area contributed by atoms with Crippen LogP contribution in [0.25, 0.3) is 11.6 Å². The second kappa shape index (κ2) is 8.80. The van der Waals surface area contributed by atoms with Crippen molar-refractivity contribution in [1.82, 2.24) is 0 Å². The highest BCUT2D eigenvalue weighted by Crippen LogP contribution is 2.47. The van der Waals surface area contributed by atoms with Crippen molar-refractivity contribution in [3.8, 4) is 0 Å². The number of aryl methyl sites for hydroxylation is 1. The van der Waals surface area contributed by atoms with E-state index in [1.54, 1.807) is 17.4 Å². The second-order valence-electron chi connectivity index (χ2n) is 8.80. The minimum atomic E-state index is -2.98. The molecular formula is C27H28F2O2S. The number of rotatable bonds is 6. The predicted molar refractivity (Wildman–Crippen MR) is 126 cm³/mol. The van der Waals surface area contributed by atoms with Gasteiger partial charge in [0.2, 0.25) is 0 Å². The van der Waals surface area contributed by atoms with Gasteiger partial charge in [0.05, 0.1) is 5.92 Å². The first-order chi connectivity index (χ1) is 15.2.